The Labute approximate surface area is 118 Å². The highest BCUT2D eigenvalue weighted by atomic mass is 31.2. The molecule has 1 N–H and O–H groups in total. The van der Waals surface area contributed by atoms with E-state index in [0.29, 0.717) is 6.42 Å². The quantitative estimate of drug-likeness (QED) is 0.303. The van der Waals surface area contributed by atoms with E-state index in [1.807, 2.05) is 0 Å². The lowest BCUT2D eigenvalue weighted by molar-refractivity contribution is -0.0638. The third-order valence-corrected chi connectivity index (χ3v) is 3.75. The summed E-state index contributed by atoms with van der Waals surface area (Å²) in [5.41, 5.74) is 0. The number of methoxy groups -OCH3 is 1. The molecule has 2 atom stereocenters. The normalized spacial score (nSPS) is 16.2. The number of hydrogen-bond acceptors (Lipinski definition) is 3. The van der Waals surface area contributed by atoms with Gasteiger partial charge in [0.2, 0.25) is 0 Å². The van der Waals surface area contributed by atoms with Crippen molar-refractivity contribution in [2.75, 3.05) is 13.8 Å². The summed E-state index contributed by atoms with van der Waals surface area (Å²) in [7, 11) is -1.93. The van der Waals surface area contributed by atoms with Gasteiger partial charge in [-0.15, -0.1) is 0 Å². The highest BCUT2D eigenvalue weighted by Gasteiger charge is 2.18. The molecule has 19 heavy (non-hydrogen) atoms. The maximum absolute atomic E-state index is 11.1. The molecular weight excluding hydrogens is 263 g/mol. The number of ether oxygens (including phenoxy) is 1. The van der Waals surface area contributed by atoms with Crippen LogP contribution in [0.2, 0.25) is 0 Å². The summed E-state index contributed by atoms with van der Waals surface area (Å²) in [5.74, 6) is 0. The van der Waals surface area contributed by atoms with E-state index in [0.717, 1.165) is 12.8 Å². The molecule has 0 amide bonds. The first-order valence-corrected chi connectivity index (χ1v) is 9.53. The van der Waals surface area contributed by atoms with Gasteiger partial charge in [0.05, 0.1) is 0 Å². The van der Waals surface area contributed by atoms with Crippen molar-refractivity contribution in [2.45, 2.75) is 77.4 Å². The van der Waals surface area contributed by atoms with Gasteiger partial charge in [-0.2, -0.15) is 0 Å². The Morgan fingerprint density at radius 2 is 1.47 bits per heavy atom. The predicted octanol–water partition coefficient (Wildman–Crippen LogP) is 4.71. The van der Waals surface area contributed by atoms with Crippen LogP contribution in [0.4, 0.5) is 0 Å². The Bertz CT molecular complexity index is 240. The van der Waals surface area contributed by atoms with Crippen LogP contribution < -0.4 is 0 Å². The molecule has 5 heteroatoms. The van der Waals surface area contributed by atoms with Crippen molar-refractivity contribution in [1.29, 1.82) is 0 Å². The second kappa shape index (κ2) is 11.9. The van der Waals surface area contributed by atoms with Crippen LogP contribution in [-0.2, 0) is 13.8 Å². The van der Waals surface area contributed by atoms with E-state index in [1.54, 1.807) is 0 Å². The van der Waals surface area contributed by atoms with Crippen molar-refractivity contribution in [1.82, 2.24) is 0 Å². The van der Waals surface area contributed by atoms with Gasteiger partial charge in [0.25, 0.3) is 0 Å². The second-order valence-electron chi connectivity index (χ2n) is 5.19. The van der Waals surface area contributed by atoms with Gasteiger partial charge >= 0.3 is 7.60 Å². The number of rotatable bonds is 13. The molecular formula is C14H31O4P. The zero-order chi connectivity index (χ0) is 14.6. The lowest BCUT2D eigenvalue weighted by atomic mass is 10.1. The third kappa shape index (κ3) is 14.3. The first-order chi connectivity index (χ1) is 8.99. The fraction of sp³-hybridized carbons (Fsp3) is 1.00. The molecule has 0 rings (SSSR count). The molecule has 0 saturated heterocycles. The van der Waals surface area contributed by atoms with E-state index in [9.17, 15) is 4.57 Å². The van der Waals surface area contributed by atoms with E-state index < -0.39 is 13.9 Å². The van der Waals surface area contributed by atoms with Gasteiger partial charge in [-0.3, -0.25) is 9.09 Å². The maximum atomic E-state index is 11.1. The maximum Gasteiger partial charge on any atom is 0.327 e. The zero-order valence-electron chi connectivity index (χ0n) is 12.8. The van der Waals surface area contributed by atoms with Crippen LogP contribution in [0.25, 0.3) is 0 Å². The molecule has 0 aromatic carbocycles. The van der Waals surface area contributed by atoms with Crippen LogP contribution in [0.5, 0.6) is 0 Å². The standard InChI is InChI=1S/C14H31O4P/c1-4-5-6-7-8-9-10-11-12-13-14(17-2)18-19(3,15)16/h14H,4-13H2,1-3H3,(H,15,16). The van der Waals surface area contributed by atoms with E-state index >= 15 is 0 Å². The van der Waals surface area contributed by atoms with Crippen molar-refractivity contribution in [3.05, 3.63) is 0 Å². The van der Waals surface area contributed by atoms with Gasteiger partial charge in [0.15, 0.2) is 6.29 Å². The Kier molecular flexibility index (Phi) is 12.0. The molecule has 0 aliphatic rings. The van der Waals surface area contributed by atoms with Gasteiger partial charge in [0.1, 0.15) is 0 Å². The molecule has 0 fully saturated rings. The third-order valence-electron chi connectivity index (χ3n) is 3.12. The topological polar surface area (TPSA) is 55.8 Å². The van der Waals surface area contributed by atoms with E-state index in [1.165, 1.54) is 58.7 Å². The van der Waals surface area contributed by atoms with Gasteiger partial charge in [-0.05, 0) is 12.8 Å². The minimum atomic E-state index is -3.44. The molecule has 4 nitrogen and oxygen atoms in total. The van der Waals surface area contributed by atoms with E-state index in [4.69, 9.17) is 14.2 Å². The molecule has 0 heterocycles. The molecule has 0 aliphatic carbocycles. The smallest absolute Gasteiger partial charge is 0.327 e. The molecule has 116 valence electrons. The molecule has 0 aliphatic heterocycles. The lowest BCUT2D eigenvalue weighted by Gasteiger charge is -2.17. The summed E-state index contributed by atoms with van der Waals surface area (Å²) < 4.78 is 21.1. The fourth-order valence-corrected chi connectivity index (χ4v) is 2.68. The minimum absolute atomic E-state index is 0.551. The fourth-order valence-electron chi connectivity index (χ4n) is 2.05. The van der Waals surface area contributed by atoms with Crippen molar-refractivity contribution in [2.24, 2.45) is 0 Å². The van der Waals surface area contributed by atoms with Crippen molar-refractivity contribution in [3.63, 3.8) is 0 Å². The van der Waals surface area contributed by atoms with Crippen LogP contribution >= 0.6 is 7.60 Å². The van der Waals surface area contributed by atoms with Crippen molar-refractivity contribution < 1.29 is 18.7 Å². The average molecular weight is 294 g/mol. The highest BCUT2D eigenvalue weighted by Crippen LogP contribution is 2.39. The number of hydrogen-bond donors (Lipinski definition) is 1. The minimum Gasteiger partial charge on any atom is -0.355 e. The Morgan fingerprint density at radius 3 is 1.89 bits per heavy atom. The van der Waals surface area contributed by atoms with Crippen LogP contribution in [0.15, 0.2) is 0 Å². The van der Waals surface area contributed by atoms with Gasteiger partial charge in [-0.1, -0.05) is 58.3 Å². The monoisotopic (exact) mass is 294 g/mol. The van der Waals surface area contributed by atoms with E-state index in [-0.39, 0.29) is 0 Å². The molecule has 0 saturated carbocycles. The van der Waals surface area contributed by atoms with Crippen LogP contribution in [0.1, 0.15) is 71.1 Å². The lowest BCUT2D eigenvalue weighted by Crippen LogP contribution is -2.13. The largest absolute Gasteiger partial charge is 0.355 e. The predicted molar refractivity (Wildman–Crippen MR) is 79.5 cm³/mol. The summed E-state index contributed by atoms with van der Waals surface area (Å²) >= 11 is 0. The summed E-state index contributed by atoms with van der Waals surface area (Å²) in [6.07, 6.45) is 11.4. The van der Waals surface area contributed by atoms with Crippen LogP contribution in [0.3, 0.4) is 0 Å². The molecule has 0 aromatic rings. The Balaban J connectivity index is 3.39. The molecule has 2 unspecified atom stereocenters. The summed E-state index contributed by atoms with van der Waals surface area (Å²) in [6.45, 7) is 3.42. The SMILES string of the molecule is CCCCCCCCCCCC(OC)OP(C)(=O)O. The molecule has 0 bridgehead atoms. The first kappa shape index (κ1) is 19.1. The Hall–Kier alpha value is 0.110. The van der Waals surface area contributed by atoms with Crippen molar-refractivity contribution in [3.8, 4) is 0 Å². The van der Waals surface area contributed by atoms with E-state index in [2.05, 4.69) is 6.92 Å². The Morgan fingerprint density at radius 1 is 1.00 bits per heavy atom. The highest BCUT2D eigenvalue weighted by molar-refractivity contribution is 7.51. The van der Waals surface area contributed by atoms with Gasteiger partial charge in [0, 0.05) is 13.8 Å². The second-order valence-corrected chi connectivity index (χ2v) is 7.01. The summed E-state index contributed by atoms with van der Waals surface area (Å²) in [6, 6.07) is 0. The van der Waals surface area contributed by atoms with Gasteiger partial charge < -0.3 is 9.63 Å². The van der Waals surface area contributed by atoms with Gasteiger partial charge in [-0.25, -0.2) is 0 Å². The average Bonchev–Trinajstić information content (AvgIpc) is 2.34. The molecule has 0 aromatic heterocycles. The van der Waals surface area contributed by atoms with Crippen LogP contribution in [0, 0.1) is 0 Å². The van der Waals surface area contributed by atoms with Crippen LogP contribution in [-0.4, -0.2) is 25.0 Å². The summed E-state index contributed by atoms with van der Waals surface area (Å²) in [4.78, 5) is 9.12. The number of unbranched alkanes of at least 4 members (excludes halogenated alkanes) is 8. The first-order valence-electron chi connectivity index (χ1n) is 7.51. The molecule has 0 radical (unpaired) electrons. The van der Waals surface area contributed by atoms with Crippen molar-refractivity contribution >= 4 is 7.60 Å². The molecule has 0 spiro atoms. The summed E-state index contributed by atoms with van der Waals surface area (Å²) in [5, 5.41) is 0. The zero-order valence-corrected chi connectivity index (χ0v) is 13.7.